The van der Waals surface area contributed by atoms with Crippen molar-refractivity contribution in [3.05, 3.63) is 34.9 Å². The van der Waals surface area contributed by atoms with E-state index in [1.54, 1.807) is 12.1 Å². The molecule has 1 aromatic rings. The van der Waals surface area contributed by atoms with Crippen molar-refractivity contribution in [2.75, 3.05) is 13.1 Å². The third-order valence-electron chi connectivity index (χ3n) is 4.26. The molecule has 0 aliphatic carbocycles. The van der Waals surface area contributed by atoms with E-state index in [4.69, 9.17) is 11.6 Å². The first-order valence-corrected chi connectivity index (χ1v) is 7.42. The lowest BCUT2D eigenvalue weighted by atomic mass is 9.99. The molecule has 3 rings (SSSR count). The van der Waals surface area contributed by atoms with Crippen molar-refractivity contribution < 1.29 is 4.79 Å². The number of piperidine rings is 1. The van der Waals surface area contributed by atoms with E-state index in [0.29, 0.717) is 22.7 Å². The summed E-state index contributed by atoms with van der Waals surface area (Å²) in [5.74, 6) is -0.0000709. The molecule has 1 amide bonds. The van der Waals surface area contributed by atoms with Gasteiger partial charge in [-0.3, -0.25) is 9.69 Å². The highest BCUT2D eigenvalue weighted by Gasteiger charge is 2.36. The molecule has 0 aromatic heterocycles. The molecule has 2 saturated heterocycles. The Kier molecular flexibility index (Phi) is 3.76. The molecule has 2 aliphatic rings. The fourth-order valence-corrected chi connectivity index (χ4v) is 3.49. The van der Waals surface area contributed by atoms with Gasteiger partial charge in [0.25, 0.3) is 5.91 Å². The summed E-state index contributed by atoms with van der Waals surface area (Å²) in [6.45, 7) is 2.30. The Morgan fingerprint density at radius 2 is 2.16 bits per heavy atom. The van der Waals surface area contributed by atoms with E-state index in [0.717, 1.165) is 13.0 Å². The summed E-state index contributed by atoms with van der Waals surface area (Å²) in [6.07, 6.45) is 4.85. The van der Waals surface area contributed by atoms with Crippen molar-refractivity contribution in [2.24, 2.45) is 0 Å². The summed E-state index contributed by atoms with van der Waals surface area (Å²) in [6, 6.07) is 7.98. The topological polar surface area (TPSA) is 32.3 Å². The minimum absolute atomic E-state index is 0.0000709. The summed E-state index contributed by atoms with van der Waals surface area (Å²) in [4.78, 5) is 14.8. The molecule has 0 saturated carbocycles. The van der Waals surface area contributed by atoms with Gasteiger partial charge in [-0.25, -0.2) is 0 Å². The van der Waals surface area contributed by atoms with Gasteiger partial charge >= 0.3 is 0 Å². The van der Waals surface area contributed by atoms with Crippen LogP contribution < -0.4 is 5.32 Å². The second-order valence-electron chi connectivity index (χ2n) is 5.48. The van der Waals surface area contributed by atoms with Crippen molar-refractivity contribution >= 4 is 17.5 Å². The molecule has 1 aromatic carbocycles. The first-order chi connectivity index (χ1) is 9.24. The largest absolute Gasteiger partial charge is 0.348 e. The molecule has 0 bridgehead atoms. The van der Waals surface area contributed by atoms with Crippen LogP contribution in [0, 0.1) is 0 Å². The van der Waals surface area contributed by atoms with Gasteiger partial charge in [-0.2, -0.15) is 0 Å². The maximum absolute atomic E-state index is 12.2. The number of benzene rings is 1. The minimum Gasteiger partial charge on any atom is -0.348 e. The second kappa shape index (κ2) is 5.51. The smallest absolute Gasteiger partial charge is 0.251 e. The molecule has 2 aliphatic heterocycles. The monoisotopic (exact) mass is 278 g/mol. The summed E-state index contributed by atoms with van der Waals surface area (Å²) in [5, 5.41) is 3.79. The Hall–Kier alpha value is -1.06. The third-order valence-corrected chi connectivity index (χ3v) is 4.49. The van der Waals surface area contributed by atoms with Crippen LogP contribution in [-0.4, -0.2) is 36.0 Å². The molecule has 102 valence electrons. The molecule has 1 N–H and O–H groups in total. The van der Waals surface area contributed by atoms with Crippen LogP contribution in [0.5, 0.6) is 0 Å². The molecular formula is C15H19ClN2O. The number of nitrogens with zero attached hydrogens (tertiary/aromatic N) is 1. The third kappa shape index (κ3) is 2.77. The Morgan fingerprint density at radius 3 is 3.00 bits per heavy atom. The van der Waals surface area contributed by atoms with E-state index in [2.05, 4.69) is 10.2 Å². The first-order valence-electron chi connectivity index (χ1n) is 7.04. The molecular weight excluding hydrogens is 260 g/mol. The van der Waals surface area contributed by atoms with Gasteiger partial charge in [0, 0.05) is 29.2 Å². The van der Waals surface area contributed by atoms with Gasteiger partial charge < -0.3 is 5.32 Å². The molecule has 0 spiro atoms. The fraction of sp³-hybridized carbons (Fsp3) is 0.533. The molecule has 2 fully saturated rings. The highest BCUT2D eigenvalue weighted by atomic mass is 35.5. The number of carbonyl (C=O) groups excluding carboxylic acids is 1. The van der Waals surface area contributed by atoms with Gasteiger partial charge in [0.2, 0.25) is 0 Å². The number of halogens is 1. The van der Waals surface area contributed by atoms with Crippen LogP contribution in [-0.2, 0) is 0 Å². The lowest BCUT2D eigenvalue weighted by Crippen LogP contribution is -2.46. The van der Waals surface area contributed by atoms with Gasteiger partial charge in [0.1, 0.15) is 0 Å². The van der Waals surface area contributed by atoms with Gasteiger partial charge in [-0.05, 0) is 44.0 Å². The molecule has 0 unspecified atom stereocenters. The van der Waals surface area contributed by atoms with Crippen LogP contribution in [0.15, 0.2) is 24.3 Å². The summed E-state index contributed by atoms with van der Waals surface area (Å²) < 4.78 is 0. The van der Waals surface area contributed by atoms with Crippen LogP contribution in [0.4, 0.5) is 0 Å². The maximum atomic E-state index is 12.2. The predicted octanol–water partition coefficient (Wildman–Crippen LogP) is 2.70. The van der Waals surface area contributed by atoms with Crippen molar-refractivity contribution in [2.45, 2.75) is 37.8 Å². The summed E-state index contributed by atoms with van der Waals surface area (Å²) >= 11 is 5.93. The van der Waals surface area contributed by atoms with Gasteiger partial charge in [-0.1, -0.05) is 24.1 Å². The molecule has 3 nitrogen and oxygen atoms in total. The summed E-state index contributed by atoms with van der Waals surface area (Å²) in [5.41, 5.74) is 0.654. The van der Waals surface area contributed by atoms with Gasteiger partial charge in [0.15, 0.2) is 0 Å². The first kappa shape index (κ1) is 12.9. The van der Waals surface area contributed by atoms with Crippen molar-refractivity contribution in [3.63, 3.8) is 0 Å². The lowest BCUT2D eigenvalue weighted by Gasteiger charge is -2.32. The number of carbonyl (C=O) groups is 1. The quantitative estimate of drug-likeness (QED) is 0.902. The molecule has 2 heterocycles. The Morgan fingerprint density at radius 1 is 1.26 bits per heavy atom. The highest BCUT2D eigenvalue weighted by Crippen LogP contribution is 2.27. The number of nitrogens with one attached hydrogen (secondary N) is 1. The standard InChI is InChI=1S/C15H19ClN2O/c16-12-5-3-4-11(10-12)15(19)17-13-7-9-18-8-2-1-6-14(13)18/h3-5,10,13-14H,1-2,6-9H2,(H,17,19)/t13-,14-/m0/s1. The van der Waals surface area contributed by atoms with Crippen molar-refractivity contribution in [3.8, 4) is 0 Å². The van der Waals surface area contributed by atoms with E-state index in [1.807, 2.05) is 12.1 Å². The Balaban J connectivity index is 1.66. The van der Waals surface area contributed by atoms with Crippen molar-refractivity contribution in [1.29, 1.82) is 0 Å². The van der Waals surface area contributed by atoms with Crippen LogP contribution in [0.3, 0.4) is 0 Å². The van der Waals surface area contributed by atoms with E-state index in [9.17, 15) is 4.79 Å². The lowest BCUT2D eigenvalue weighted by molar-refractivity contribution is 0.0915. The van der Waals surface area contributed by atoms with E-state index in [1.165, 1.54) is 25.8 Å². The number of hydrogen-bond donors (Lipinski definition) is 1. The SMILES string of the molecule is O=C(N[C@H]1CCN2CCCC[C@@H]12)c1cccc(Cl)c1. The number of fused-ring (bicyclic) bond motifs is 1. The molecule has 19 heavy (non-hydrogen) atoms. The second-order valence-corrected chi connectivity index (χ2v) is 5.91. The van der Waals surface area contributed by atoms with Crippen LogP contribution in [0.25, 0.3) is 0 Å². The maximum Gasteiger partial charge on any atom is 0.251 e. The Labute approximate surface area is 118 Å². The summed E-state index contributed by atoms with van der Waals surface area (Å²) in [7, 11) is 0. The molecule has 0 radical (unpaired) electrons. The fourth-order valence-electron chi connectivity index (χ4n) is 3.30. The zero-order chi connectivity index (χ0) is 13.2. The normalized spacial score (nSPS) is 27.0. The molecule has 4 heteroatoms. The average Bonchev–Trinajstić information content (AvgIpc) is 2.82. The minimum atomic E-state index is -0.0000709. The van der Waals surface area contributed by atoms with Crippen LogP contribution in [0.2, 0.25) is 5.02 Å². The van der Waals surface area contributed by atoms with E-state index < -0.39 is 0 Å². The van der Waals surface area contributed by atoms with Gasteiger partial charge in [0.05, 0.1) is 0 Å². The zero-order valence-corrected chi connectivity index (χ0v) is 11.7. The number of rotatable bonds is 2. The van der Waals surface area contributed by atoms with Crippen LogP contribution in [0.1, 0.15) is 36.0 Å². The predicted molar refractivity (Wildman–Crippen MR) is 76.5 cm³/mol. The number of amides is 1. The van der Waals surface area contributed by atoms with E-state index in [-0.39, 0.29) is 5.91 Å². The highest BCUT2D eigenvalue weighted by molar-refractivity contribution is 6.30. The van der Waals surface area contributed by atoms with Gasteiger partial charge in [-0.15, -0.1) is 0 Å². The zero-order valence-electron chi connectivity index (χ0n) is 10.9. The average molecular weight is 279 g/mol. The van der Waals surface area contributed by atoms with Crippen molar-refractivity contribution in [1.82, 2.24) is 10.2 Å². The van der Waals surface area contributed by atoms with Crippen LogP contribution >= 0.6 is 11.6 Å². The number of hydrogen-bond acceptors (Lipinski definition) is 2. The van der Waals surface area contributed by atoms with E-state index >= 15 is 0 Å². The molecule has 2 atom stereocenters. The Bertz CT molecular complexity index is 477.